The van der Waals surface area contributed by atoms with E-state index in [-0.39, 0.29) is 11.4 Å². The fourth-order valence-electron chi connectivity index (χ4n) is 2.64. The molecule has 1 aliphatic rings. The van der Waals surface area contributed by atoms with Gasteiger partial charge in [0, 0.05) is 26.7 Å². The number of nitrogens with zero attached hydrogens (tertiary/aromatic N) is 1. The lowest BCUT2D eigenvalue weighted by atomic mass is 10.2. The minimum atomic E-state index is -3.56. The maximum Gasteiger partial charge on any atom is 0.240 e. The highest BCUT2D eigenvalue weighted by Crippen LogP contribution is 2.30. The molecule has 0 saturated heterocycles. The Bertz CT molecular complexity index is 819. The summed E-state index contributed by atoms with van der Waals surface area (Å²) < 4.78 is 32.8. The summed E-state index contributed by atoms with van der Waals surface area (Å²) in [7, 11) is 0.0274. The highest BCUT2D eigenvalue weighted by molar-refractivity contribution is 7.89. The molecule has 128 valence electrons. The Morgan fingerprint density at radius 3 is 2.67 bits per heavy atom. The first-order valence-electron chi connectivity index (χ1n) is 7.71. The van der Waals surface area contributed by atoms with E-state index in [1.807, 2.05) is 37.4 Å². The molecule has 3 rings (SSSR count). The number of likely N-dealkylation sites (N-methyl/N-ethyl adjacent to an activating group) is 1. The third kappa shape index (κ3) is 3.47. The molecule has 0 radical (unpaired) electrons. The molecular formula is C17H21N3O3S. The number of anilines is 2. The standard InChI is InChI=1S/C17H21N3O3S/c1-20-10-9-18-16-11-15(7-8-17(16)20)24(21,22)19-12-13-3-5-14(23-2)6-4-13/h3-8,11,18-19H,9-10,12H2,1-2H3. The van der Waals surface area contributed by atoms with Crippen molar-refractivity contribution in [3.05, 3.63) is 48.0 Å². The van der Waals surface area contributed by atoms with Crippen LogP contribution < -0.4 is 19.7 Å². The molecule has 0 unspecified atom stereocenters. The molecule has 1 aliphatic heterocycles. The lowest BCUT2D eigenvalue weighted by Gasteiger charge is -2.28. The van der Waals surface area contributed by atoms with E-state index in [9.17, 15) is 8.42 Å². The van der Waals surface area contributed by atoms with E-state index in [4.69, 9.17) is 4.74 Å². The van der Waals surface area contributed by atoms with Gasteiger partial charge in [-0.15, -0.1) is 0 Å². The first kappa shape index (κ1) is 16.6. The molecule has 0 aliphatic carbocycles. The molecule has 0 bridgehead atoms. The van der Waals surface area contributed by atoms with Crippen LogP contribution >= 0.6 is 0 Å². The SMILES string of the molecule is COc1ccc(CNS(=O)(=O)c2ccc3c(c2)NCCN3C)cc1. The summed E-state index contributed by atoms with van der Waals surface area (Å²) in [6, 6.07) is 12.4. The summed E-state index contributed by atoms with van der Waals surface area (Å²) in [5.74, 6) is 0.742. The zero-order valence-corrected chi connectivity index (χ0v) is 14.6. The van der Waals surface area contributed by atoms with E-state index in [1.54, 1.807) is 19.2 Å². The normalized spacial score (nSPS) is 14.0. The Hall–Kier alpha value is -2.25. The predicted octanol–water partition coefficient (Wildman–Crippen LogP) is 2.04. The lowest BCUT2D eigenvalue weighted by Crippen LogP contribution is -2.31. The van der Waals surface area contributed by atoms with Crippen molar-refractivity contribution >= 4 is 21.4 Å². The predicted molar refractivity (Wildman–Crippen MR) is 95.2 cm³/mol. The molecule has 2 N–H and O–H groups in total. The molecule has 7 heteroatoms. The van der Waals surface area contributed by atoms with Gasteiger partial charge in [-0.05, 0) is 35.9 Å². The van der Waals surface area contributed by atoms with Crippen molar-refractivity contribution in [1.29, 1.82) is 0 Å². The number of hydrogen-bond acceptors (Lipinski definition) is 5. The van der Waals surface area contributed by atoms with Crippen LogP contribution in [0.2, 0.25) is 0 Å². The lowest BCUT2D eigenvalue weighted by molar-refractivity contribution is 0.414. The highest BCUT2D eigenvalue weighted by atomic mass is 32.2. The van der Waals surface area contributed by atoms with Crippen molar-refractivity contribution in [3.63, 3.8) is 0 Å². The molecule has 0 amide bonds. The van der Waals surface area contributed by atoms with Crippen LogP contribution in [0.1, 0.15) is 5.56 Å². The first-order chi connectivity index (χ1) is 11.5. The molecule has 0 saturated carbocycles. The van der Waals surface area contributed by atoms with Crippen molar-refractivity contribution < 1.29 is 13.2 Å². The van der Waals surface area contributed by atoms with E-state index in [0.29, 0.717) is 0 Å². The van der Waals surface area contributed by atoms with Crippen molar-refractivity contribution in [2.24, 2.45) is 0 Å². The maximum atomic E-state index is 12.5. The highest BCUT2D eigenvalue weighted by Gasteiger charge is 2.19. The van der Waals surface area contributed by atoms with Crippen LogP contribution in [0.15, 0.2) is 47.4 Å². The molecule has 0 aromatic heterocycles. The topological polar surface area (TPSA) is 70.7 Å². The van der Waals surface area contributed by atoms with Crippen molar-refractivity contribution in [1.82, 2.24) is 4.72 Å². The van der Waals surface area contributed by atoms with E-state index in [0.717, 1.165) is 35.8 Å². The summed E-state index contributed by atoms with van der Waals surface area (Å²) in [4.78, 5) is 2.37. The van der Waals surface area contributed by atoms with Crippen LogP contribution in [0.5, 0.6) is 5.75 Å². The Kier molecular flexibility index (Phi) is 4.64. The van der Waals surface area contributed by atoms with Crippen molar-refractivity contribution in [2.45, 2.75) is 11.4 Å². The van der Waals surface area contributed by atoms with Gasteiger partial charge in [0.15, 0.2) is 0 Å². The molecule has 6 nitrogen and oxygen atoms in total. The van der Waals surface area contributed by atoms with Gasteiger partial charge in [-0.25, -0.2) is 13.1 Å². The number of benzene rings is 2. The number of rotatable bonds is 5. The van der Waals surface area contributed by atoms with Crippen LogP contribution in [-0.2, 0) is 16.6 Å². The van der Waals surface area contributed by atoms with Gasteiger partial charge in [0.2, 0.25) is 10.0 Å². The van der Waals surface area contributed by atoms with Gasteiger partial charge in [0.1, 0.15) is 5.75 Å². The van der Waals surface area contributed by atoms with Gasteiger partial charge in [-0.1, -0.05) is 12.1 Å². The first-order valence-corrected chi connectivity index (χ1v) is 9.19. The minimum Gasteiger partial charge on any atom is -0.497 e. The molecule has 0 atom stereocenters. The van der Waals surface area contributed by atoms with E-state index in [1.165, 1.54) is 0 Å². The number of hydrogen-bond donors (Lipinski definition) is 2. The van der Waals surface area contributed by atoms with Gasteiger partial charge < -0.3 is 15.0 Å². The van der Waals surface area contributed by atoms with E-state index < -0.39 is 10.0 Å². The summed E-state index contributed by atoms with van der Waals surface area (Å²) in [6.07, 6.45) is 0. The monoisotopic (exact) mass is 347 g/mol. The van der Waals surface area contributed by atoms with Gasteiger partial charge >= 0.3 is 0 Å². The number of fused-ring (bicyclic) bond motifs is 1. The molecule has 2 aromatic carbocycles. The minimum absolute atomic E-state index is 0.233. The summed E-state index contributed by atoms with van der Waals surface area (Å²) >= 11 is 0. The Morgan fingerprint density at radius 1 is 1.21 bits per heavy atom. The van der Waals surface area contributed by atoms with Crippen LogP contribution in [0.3, 0.4) is 0 Å². The van der Waals surface area contributed by atoms with Gasteiger partial charge in [-0.2, -0.15) is 0 Å². The Labute approximate surface area is 142 Å². The van der Waals surface area contributed by atoms with Crippen molar-refractivity contribution in [2.75, 3.05) is 37.5 Å². The third-order valence-corrected chi connectivity index (χ3v) is 5.48. The number of sulfonamides is 1. The van der Waals surface area contributed by atoms with Crippen molar-refractivity contribution in [3.8, 4) is 5.75 Å². The second kappa shape index (κ2) is 6.70. The zero-order chi connectivity index (χ0) is 17.2. The summed E-state index contributed by atoms with van der Waals surface area (Å²) in [6.45, 7) is 1.93. The average molecular weight is 347 g/mol. The Balaban J connectivity index is 1.75. The van der Waals surface area contributed by atoms with Crippen LogP contribution in [0.25, 0.3) is 0 Å². The summed E-state index contributed by atoms with van der Waals surface area (Å²) in [5.41, 5.74) is 2.72. The second-order valence-electron chi connectivity index (χ2n) is 5.70. The third-order valence-electron chi connectivity index (χ3n) is 4.08. The van der Waals surface area contributed by atoms with Gasteiger partial charge in [0.05, 0.1) is 23.4 Å². The second-order valence-corrected chi connectivity index (χ2v) is 7.47. The van der Waals surface area contributed by atoms with E-state index >= 15 is 0 Å². The molecule has 0 fully saturated rings. The van der Waals surface area contributed by atoms with Gasteiger partial charge in [-0.3, -0.25) is 0 Å². The fourth-order valence-corrected chi connectivity index (χ4v) is 3.68. The average Bonchev–Trinajstić information content (AvgIpc) is 2.60. The van der Waals surface area contributed by atoms with Gasteiger partial charge in [0.25, 0.3) is 0 Å². The molecular weight excluding hydrogens is 326 g/mol. The number of ether oxygens (including phenoxy) is 1. The van der Waals surface area contributed by atoms with Crippen LogP contribution in [0, 0.1) is 0 Å². The molecule has 0 spiro atoms. The number of nitrogens with one attached hydrogen (secondary N) is 2. The molecule has 24 heavy (non-hydrogen) atoms. The number of methoxy groups -OCH3 is 1. The zero-order valence-electron chi connectivity index (χ0n) is 13.7. The van der Waals surface area contributed by atoms with Crippen LogP contribution in [-0.4, -0.2) is 35.7 Å². The smallest absolute Gasteiger partial charge is 0.240 e. The maximum absolute atomic E-state index is 12.5. The largest absolute Gasteiger partial charge is 0.497 e. The van der Waals surface area contributed by atoms with Crippen LogP contribution in [0.4, 0.5) is 11.4 Å². The Morgan fingerprint density at radius 2 is 1.96 bits per heavy atom. The summed E-state index contributed by atoms with van der Waals surface area (Å²) in [5, 5.41) is 3.24. The quantitative estimate of drug-likeness (QED) is 0.866. The van der Waals surface area contributed by atoms with E-state index in [2.05, 4.69) is 14.9 Å². The fraction of sp³-hybridized carbons (Fsp3) is 0.294. The molecule has 2 aromatic rings. The molecule has 1 heterocycles.